The third-order valence-electron chi connectivity index (χ3n) is 6.28. The van der Waals surface area contributed by atoms with Crippen molar-refractivity contribution in [2.24, 2.45) is 29.6 Å². The van der Waals surface area contributed by atoms with Crippen molar-refractivity contribution in [1.82, 2.24) is 0 Å². The first-order valence-electron chi connectivity index (χ1n) is 9.56. The van der Waals surface area contributed by atoms with Gasteiger partial charge in [-0.15, -0.1) is 0 Å². The molecule has 2 saturated carbocycles. The van der Waals surface area contributed by atoms with Gasteiger partial charge in [-0.2, -0.15) is 0 Å². The maximum Gasteiger partial charge on any atom is -0.0146 e. The van der Waals surface area contributed by atoms with Gasteiger partial charge in [0.15, 0.2) is 0 Å². The lowest BCUT2D eigenvalue weighted by atomic mass is 9.58. The number of hydrogen-bond donors (Lipinski definition) is 0. The fraction of sp³-hybridized carbons (Fsp3) is 0.857. The molecule has 0 aliphatic heterocycles. The van der Waals surface area contributed by atoms with Crippen LogP contribution in [-0.2, 0) is 0 Å². The molecule has 4 unspecified atom stereocenters. The van der Waals surface area contributed by atoms with E-state index in [9.17, 15) is 0 Å². The van der Waals surface area contributed by atoms with Crippen molar-refractivity contribution >= 4 is 0 Å². The SMILES string of the molecule is C=C(CCC)C1C(C)CC(C(C)C)CC1[C]1CCCCC1. The predicted molar refractivity (Wildman–Crippen MR) is 94.1 cm³/mol. The van der Waals surface area contributed by atoms with Crippen molar-refractivity contribution in [3.05, 3.63) is 18.1 Å². The summed E-state index contributed by atoms with van der Waals surface area (Å²) in [5.41, 5.74) is 1.57. The van der Waals surface area contributed by atoms with E-state index >= 15 is 0 Å². The average molecular weight is 290 g/mol. The summed E-state index contributed by atoms with van der Waals surface area (Å²) in [6.45, 7) is 14.2. The molecule has 0 aromatic rings. The second-order valence-electron chi connectivity index (χ2n) is 8.21. The van der Waals surface area contributed by atoms with Crippen molar-refractivity contribution in [3.8, 4) is 0 Å². The predicted octanol–water partition coefficient (Wildman–Crippen LogP) is 6.82. The first kappa shape index (κ1) is 17.1. The van der Waals surface area contributed by atoms with Crippen molar-refractivity contribution in [3.63, 3.8) is 0 Å². The standard InChI is InChI=1S/C21H37/c1-6-10-16(4)21-17(5)13-19(15(2)3)14-20(21)18-11-8-7-9-12-18/h15,17,19-21H,4,6-14H2,1-3,5H3. The first-order chi connectivity index (χ1) is 10.0. The molecule has 121 valence electrons. The monoisotopic (exact) mass is 289 g/mol. The van der Waals surface area contributed by atoms with Gasteiger partial charge in [0.1, 0.15) is 0 Å². The number of rotatable bonds is 5. The van der Waals surface area contributed by atoms with Crippen molar-refractivity contribution < 1.29 is 0 Å². The molecule has 21 heavy (non-hydrogen) atoms. The van der Waals surface area contributed by atoms with Gasteiger partial charge in [0.2, 0.25) is 0 Å². The summed E-state index contributed by atoms with van der Waals surface area (Å²) >= 11 is 0. The summed E-state index contributed by atoms with van der Waals surface area (Å²) in [5, 5.41) is 0. The molecule has 2 aliphatic rings. The Morgan fingerprint density at radius 1 is 1.14 bits per heavy atom. The van der Waals surface area contributed by atoms with E-state index in [0.717, 1.165) is 29.6 Å². The van der Waals surface area contributed by atoms with Crippen LogP contribution in [0.25, 0.3) is 0 Å². The third-order valence-corrected chi connectivity index (χ3v) is 6.28. The molecular weight excluding hydrogens is 252 g/mol. The number of allylic oxidation sites excluding steroid dienone is 1. The molecule has 2 aliphatic carbocycles. The second-order valence-corrected chi connectivity index (χ2v) is 8.21. The maximum atomic E-state index is 4.52. The van der Waals surface area contributed by atoms with Gasteiger partial charge in [-0.05, 0) is 67.6 Å². The minimum Gasteiger partial charge on any atom is -0.0996 e. The van der Waals surface area contributed by atoms with Crippen LogP contribution in [-0.4, -0.2) is 0 Å². The molecule has 0 saturated heterocycles. The summed E-state index contributed by atoms with van der Waals surface area (Å²) in [6.07, 6.45) is 12.6. The van der Waals surface area contributed by atoms with Crippen LogP contribution in [0.3, 0.4) is 0 Å². The van der Waals surface area contributed by atoms with Crippen LogP contribution in [0, 0.1) is 35.5 Å². The summed E-state index contributed by atoms with van der Waals surface area (Å²) in [7, 11) is 0. The van der Waals surface area contributed by atoms with Crippen molar-refractivity contribution in [1.29, 1.82) is 0 Å². The van der Waals surface area contributed by atoms with E-state index in [2.05, 4.69) is 34.3 Å². The van der Waals surface area contributed by atoms with E-state index in [1.807, 2.05) is 5.92 Å². The van der Waals surface area contributed by atoms with Gasteiger partial charge < -0.3 is 0 Å². The van der Waals surface area contributed by atoms with Crippen LogP contribution in [0.1, 0.15) is 85.5 Å². The minimum absolute atomic E-state index is 0.785. The van der Waals surface area contributed by atoms with Crippen LogP contribution >= 0.6 is 0 Å². The molecule has 4 atom stereocenters. The Bertz CT molecular complexity index is 321. The van der Waals surface area contributed by atoms with Gasteiger partial charge in [-0.3, -0.25) is 0 Å². The highest BCUT2D eigenvalue weighted by Crippen LogP contribution is 2.51. The zero-order chi connectivity index (χ0) is 15.4. The molecule has 0 aromatic heterocycles. The third kappa shape index (κ3) is 4.14. The Labute approximate surface area is 133 Å². The largest absolute Gasteiger partial charge is 0.0996 e. The topological polar surface area (TPSA) is 0 Å². The molecule has 2 rings (SSSR count). The first-order valence-corrected chi connectivity index (χ1v) is 9.56. The fourth-order valence-electron chi connectivity index (χ4n) is 5.11. The van der Waals surface area contributed by atoms with Crippen molar-refractivity contribution in [2.45, 2.75) is 85.5 Å². The van der Waals surface area contributed by atoms with Gasteiger partial charge in [0.05, 0.1) is 0 Å². The van der Waals surface area contributed by atoms with E-state index < -0.39 is 0 Å². The maximum absolute atomic E-state index is 4.52. The highest BCUT2D eigenvalue weighted by atomic mass is 14.5. The Morgan fingerprint density at radius 3 is 2.38 bits per heavy atom. The molecule has 0 nitrogen and oxygen atoms in total. The van der Waals surface area contributed by atoms with Gasteiger partial charge in [-0.25, -0.2) is 0 Å². The second kappa shape index (κ2) is 7.84. The summed E-state index contributed by atoms with van der Waals surface area (Å²) in [5.74, 6) is 6.18. The van der Waals surface area contributed by atoms with E-state index in [1.165, 1.54) is 57.8 Å². The molecule has 0 N–H and O–H groups in total. The quantitative estimate of drug-likeness (QED) is 0.487. The normalized spacial score (nSPS) is 35.1. The molecule has 0 heteroatoms. The highest BCUT2D eigenvalue weighted by Gasteiger charge is 2.41. The van der Waals surface area contributed by atoms with E-state index in [1.54, 1.807) is 5.57 Å². The lowest BCUT2D eigenvalue weighted by Gasteiger charge is -2.47. The van der Waals surface area contributed by atoms with Gasteiger partial charge in [0.25, 0.3) is 0 Å². The Kier molecular flexibility index (Phi) is 6.38. The molecule has 0 amide bonds. The summed E-state index contributed by atoms with van der Waals surface area (Å²) in [6, 6.07) is 0. The lowest BCUT2D eigenvalue weighted by molar-refractivity contribution is 0.109. The van der Waals surface area contributed by atoms with Gasteiger partial charge in [-0.1, -0.05) is 65.5 Å². The van der Waals surface area contributed by atoms with Crippen LogP contribution < -0.4 is 0 Å². The molecular formula is C21H37. The van der Waals surface area contributed by atoms with Crippen LogP contribution in [0.4, 0.5) is 0 Å². The Hall–Kier alpha value is -0.260. The summed E-state index contributed by atoms with van der Waals surface area (Å²) < 4.78 is 0. The highest BCUT2D eigenvalue weighted by molar-refractivity contribution is 5.14. The molecule has 0 aromatic carbocycles. The van der Waals surface area contributed by atoms with E-state index in [4.69, 9.17) is 0 Å². The minimum atomic E-state index is 0.785. The number of hydrogen-bond acceptors (Lipinski definition) is 0. The van der Waals surface area contributed by atoms with Gasteiger partial charge >= 0.3 is 0 Å². The molecule has 2 fully saturated rings. The van der Waals surface area contributed by atoms with Crippen LogP contribution in [0.5, 0.6) is 0 Å². The molecule has 0 heterocycles. The molecule has 0 bridgehead atoms. The van der Waals surface area contributed by atoms with Gasteiger partial charge in [0, 0.05) is 0 Å². The smallest absolute Gasteiger partial charge is 0.0146 e. The van der Waals surface area contributed by atoms with Crippen molar-refractivity contribution in [2.75, 3.05) is 0 Å². The van der Waals surface area contributed by atoms with Crippen LogP contribution in [0.15, 0.2) is 12.2 Å². The fourth-order valence-corrected chi connectivity index (χ4v) is 5.11. The van der Waals surface area contributed by atoms with E-state index in [0.29, 0.717) is 0 Å². The Morgan fingerprint density at radius 2 is 1.81 bits per heavy atom. The lowest BCUT2D eigenvalue weighted by Crippen LogP contribution is -2.38. The average Bonchev–Trinajstić information content (AvgIpc) is 2.47. The van der Waals surface area contributed by atoms with Crippen LogP contribution in [0.2, 0.25) is 0 Å². The zero-order valence-corrected chi connectivity index (χ0v) is 15.0. The summed E-state index contributed by atoms with van der Waals surface area (Å²) in [4.78, 5) is 0. The molecule has 0 spiro atoms. The van der Waals surface area contributed by atoms with E-state index in [-0.39, 0.29) is 0 Å². The Balaban J connectivity index is 2.15. The zero-order valence-electron chi connectivity index (χ0n) is 15.0. The molecule has 1 radical (unpaired) electrons.